The van der Waals surface area contributed by atoms with Crippen molar-refractivity contribution in [3.05, 3.63) is 65.7 Å². The van der Waals surface area contributed by atoms with Gasteiger partial charge in [-0.05, 0) is 61.6 Å². The smallest absolute Gasteiger partial charge is 0.329 e. The van der Waals surface area contributed by atoms with Gasteiger partial charge in [-0.1, -0.05) is 30.3 Å². The zero-order chi connectivity index (χ0) is 22.8. The zero-order valence-electron chi connectivity index (χ0n) is 18.1. The fourth-order valence-corrected chi connectivity index (χ4v) is 3.36. The Hall–Kier alpha value is -3.68. The monoisotopic (exact) mass is 436 g/mol. The lowest BCUT2D eigenvalue weighted by atomic mass is 10.1. The molecule has 0 unspecified atom stereocenters. The van der Waals surface area contributed by atoms with E-state index in [-0.39, 0.29) is 18.6 Å². The van der Waals surface area contributed by atoms with Crippen molar-refractivity contribution in [3.63, 3.8) is 0 Å². The highest BCUT2D eigenvalue weighted by molar-refractivity contribution is 6.35. The van der Waals surface area contributed by atoms with Crippen LogP contribution >= 0.6 is 0 Å². The van der Waals surface area contributed by atoms with E-state index in [2.05, 4.69) is 15.8 Å². The highest BCUT2D eigenvalue weighted by atomic mass is 16.5. The van der Waals surface area contributed by atoms with E-state index in [1.807, 2.05) is 37.3 Å². The van der Waals surface area contributed by atoms with Gasteiger partial charge in [0, 0.05) is 13.1 Å². The lowest BCUT2D eigenvalue weighted by molar-refractivity contribution is -0.146. The zero-order valence-corrected chi connectivity index (χ0v) is 18.1. The Morgan fingerprint density at radius 3 is 2.41 bits per heavy atom. The number of carbonyl (C=O) groups is 3. The first-order valence-electron chi connectivity index (χ1n) is 10.7. The SMILES string of the molecule is C[C@@H](NC(=O)COc1ccc(/C=N\NC(=O)C(=O)N2CCCCC2)cc1)c1ccccc1. The van der Waals surface area contributed by atoms with E-state index < -0.39 is 11.8 Å². The molecular weight excluding hydrogens is 408 g/mol. The van der Waals surface area contributed by atoms with Crippen molar-refractivity contribution in [1.29, 1.82) is 0 Å². The first-order valence-corrected chi connectivity index (χ1v) is 10.7. The number of nitrogens with one attached hydrogen (secondary N) is 2. The Balaban J connectivity index is 1.41. The number of amides is 3. The fourth-order valence-electron chi connectivity index (χ4n) is 3.36. The molecule has 32 heavy (non-hydrogen) atoms. The normalized spacial score (nSPS) is 14.6. The van der Waals surface area contributed by atoms with E-state index in [4.69, 9.17) is 4.74 Å². The van der Waals surface area contributed by atoms with Crippen LogP contribution in [0, 0.1) is 0 Å². The van der Waals surface area contributed by atoms with Crippen molar-refractivity contribution in [3.8, 4) is 5.75 Å². The number of hydrogen-bond donors (Lipinski definition) is 2. The van der Waals surface area contributed by atoms with Crippen LogP contribution in [0.15, 0.2) is 59.7 Å². The van der Waals surface area contributed by atoms with Gasteiger partial charge in [0.1, 0.15) is 5.75 Å². The highest BCUT2D eigenvalue weighted by Gasteiger charge is 2.22. The molecule has 0 bridgehead atoms. The van der Waals surface area contributed by atoms with Crippen LogP contribution in [0.2, 0.25) is 0 Å². The summed E-state index contributed by atoms with van der Waals surface area (Å²) in [6.45, 7) is 3.04. The minimum atomic E-state index is -0.737. The minimum Gasteiger partial charge on any atom is -0.484 e. The number of benzene rings is 2. The van der Waals surface area contributed by atoms with Crippen LogP contribution < -0.4 is 15.5 Å². The van der Waals surface area contributed by atoms with E-state index in [9.17, 15) is 14.4 Å². The number of ether oxygens (including phenoxy) is 1. The van der Waals surface area contributed by atoms with E-state index in [0.717, 1.165) is 24.8 Å². The summed E-state index contributed by atoms with van der Waals surface area (Å²) in [5, 5.41) is 6.74. The third kappa shape index (κ3) is 6.94. The lowest BCUT2D eigenvalue weighted by Gasteiger charge is -2.25. The van der Waals surface area contributed by atoms with Crippen molar-refractivity contribution in [2.45, 2.75) is 32.2 Å². The molecule has 2 aromatic rings. The highest BCUT2D eigenvalue weighted by Crippen LogP contribution is 2.13. The Morgan fingerprint density at radius 2 is 1.72 bits per heavy atom. The first kappa shape index (κ1) is 23.0. The van der Waals surface area contributed by atoms with Crippen LogP contribution in [0.5, 0.6) is 5.75 Å². The van der Waals surface area contributed by atoms with Crippen molar-refractivity contribution in [2.75, 3.05) is 19.7 Å². The molecular formula is C24H28N4O4. The number of hydrazone groups is 1. The van der Waals surface area contributed by atoms with Gasteiger partial charge in [0.05, 0.1) is 12.3 Å². The summed E-state index contributed by atoms with van der Waals surface area (Å²) in [4.78, 5) is 37.6. The summed E-state index contributed by atoms with van der Waals surface area (Å²) in [6, 6.07) is 16.5. The maximum absolute atomic E-state index is 12.1. The van der Waals surface area contributed by atoms with Crippen molar-refractivity contribution in [1.82, 2.24) is 15.6 Å². The molecule has 2 aromatic carbocycles. The summed E-state index contributed by atoms with van der Waals surface area (Å²) < 4.78 is 5.52. The molecule has 1 saturated heterocycles. The summed E-state index contributed by atoms with van der Waals surface area (Å²) in [7, 11) is 0. The molecule has 1 aliphatic rings. The van der Waals surface area contributed by atoms with E-state index in [1.165, 1.54) is 6.21 Å². The summed E-state index contributed by atoms with van der Waals surface area (Å²) in [5.41, 5.74) is 4.01. The number of carbonyl (C=O) groups excluding carboxylic acids is 3. The Kier molecular flexibility index (Phi) is 8.36. The van der Waals surface area contributed by atoms with Gasteiger partial charge in [-0.15, -0.1) is 0 Å². The van der Waals surface area contributed by atoms with Gasteiger partial charge in [0.2, 0.25) is 0 Å². The van der Waals surface area contributed by atoms with Crippen LogP contribution in [0.1, 0.15) is 43.4 Å². The first-order chi connectivity index (χ1) is 15.5. The van der Waals surface area contributed by atoms with Crippen LogP contribution in [-0.4, -0.2) is 48.5 Å². The topological polar surface area (TPSA) is 100 Å². The number of nitrogens with zero attached hydrogens (tertiary/aromatic N) is 2. The quantitative estimate of drug-likeness (QED) is 0.395. The lowest BCUT2D eigenvalue weighted by Crippen LogP contribution is -2.43. The molecule has 0 radical (unpaired) electrons. The molecule has 0 aliphatic carbocycles. The van der Waals surface area contributed by atoms with Gasteiger partial charge in [-0.3, -0.25) is 14.4 Å². The maximum atomic E-state index is 12.1. The van der Waals surface area contributed by atoms with Crippen LogP contribution in [-0.2, 0) is 14.4 Å². The predicted molar refractivity (Wildman–Crippen MR) is 121 cm³/mol. The van der Waals surface area contributed by atoms with Gasteiger partial charge in [-0.2, -0.15) is 5.10 Å². The molecule has 8 heteroatoms. The Bertz CT molecular complexity index is 938. The molecule has 1 atom stereocenters. The second kappa shape index (κ2) is 11.6. The van der Waals surface area contributed by atoms with Gasteiger partial charge < -0.3 is 15.0 Å². The van der Waals surface area contributed by atoms with Gasteiger partial charge in [0.15, 0.2) is 6.61 Å². The third-order valence-electron chi connectivity index (χ3n) is 5.14. The Labute approximate surface area is 187 Å². The summed E-state index contributed by atoms with van der Waals surface area (Å²) >= 11 is 0. The summed E-state index contributed by atoms with van der Waals surface area (Å²) in [5.74, 6) is -0.966. The van der Waals surface area contributed by atoms with Crippen LogP contribution in [0.25, 0.3) is 0 Å². The molecule has 3 amide bonds. The van der Waals surface area contributed by atoms with E-state index in [1.54, 1.807) is 29.2 Å². The summed E-state index contributed by atoms with van der Waals surface area (Å²) in [6.07, 6.45) is 4.37. The minimum absolute atomic E-state index is 0.0979. The van der Waals surface area contributed by atoms with Crippen LogP contribution in [0.3, 0.4) is 0 Å². The molecule has 3 rings (SSSR count). The fraction of sp³-hybridized carbons (Fsp3) is 0.333. The maximum Gasteiger partial charge on any atom is 0.329 e. The van der Waals surface area contributed by atoms with Gasteiger partial charge >= 0.3 is 11.8 Å². The van der Waals surface area contributed by atoms with Crippen molar-refractivity contribution >= 4 is 23.9 Å². The third-order valence-corrected chi connectivity index (χ3v) is 5.14. The number of hydrogen-bond acceptors (Lipinski definition) is 5. The molecule has 1 heterocycles. The Morgan fingerprint density at radius 1 is 1.03 bits per heavy atom. The molecule has 1 aliphatic heterocycles. The molecule has 0 aromatic heterocycles. The average Bonchev–Trinajstić information content (AvgIpc) is 2.84. The molecule has 8 nitrogen and oxygen atoms in total. The van der Waals surface area contributed by atoms with Gasteiger partial charge in [-0.25, -0.2) is 5.43 Å². The van der Waals surface area contributed by atoms with E-state index >= 15 is 0 Å². The standard InChI is InChI=1S/C24H28N4O4/c1-18(20-8-4-2-5-9-20)26-22(29)17-32-21-12-10-19(11-13-21)16-25-27-23(30)24(31)28-14-6-3-7-15-28/h2,4-5,8-13,16,18H,3,6-7,14-15,17H2,1H3,(H,26,29)(H,27,30)/b25-16-/t18-/m1/s1. The largest absolute Gasteiger partial charge is 0.484 e. The molecule has 1 fully saturated rings. The van der Waals surface area contributed by atoms with Crippen molar-refractivity contribution in [2.24, 2.45) is 5.10 Å². The number of piperidine rings is 1. The van der Waals surface area contributed by atoms with Crippen LogP contribution in [0.4, 0.5) is 0 Å². The molecule has 2 N–H and O–H groups in total. The molecule has 0 saturated carbocycles. The average molecular weight is 437 g/mol. The van der Waals surface area contributed by atoms with Crippen molar-refractivity contribution < 1.29 is 19.1 Å². The molecule has 0 spiro atoms. The van der Waals surface area contributed by atoms with E-state index in [0.29, 0.717) is 24.4 Å². The molecule has 168 valence electrons. The second-order valence-corrected chi connectivity index (χ2v) is 7.61. The number of likely N-dealkylation sites (tertiary alicyclic amines) is 1. The van der Waals surface area contributed by atoms with Gasteiger partial charge in [0.25, 0.3) is 5.91 Å². The predicted octanol–water partition coefficient (Wildman–Crippen LogP) is 2.41. The second-order valence-electron chi connectivity index (χ2n) is 7.61. The number of rotatable bonds is 7.